The van der Waals surface area contributed by atoms with Gasteiger partial charge in [0.2, 0.25) is 17.7 Å². The van der Waals surface area contributed by atoms with Gasteiger partial charge in [-0.3, -0.25) is 38.5 Å². The number of benzene rings is 3. The number of para-hydroxylation sites is 1. The summed E-state index contributed by atoms with van der Waals surface area (Å²) in [7, 11) is 1.67. The zero-order valence-corrected chi connectivity index (χ0v) is 34.4. The number of imidazole rings is 1. The van der Waals surface area contributed by atoms with E-state index in [-0.39, 0.29) is 54.5 Å². The molecule has 3 N–H and O–H groups in total. The van der Waals surface area contributed by atoms with Crippen LogP contribution in [0.1, 0.15) is 62.6 Å². The number of unbranched alkanes of at least 4 members (excludes halogenated alkanes) is 1. The van der Waals surface area contributed by atoms with Crippen LogP contribution in [-0.4, -0.2) is 96.9 Å². The normalized spacial score (nSPS) is 18.7. The molecule has 6 heterocycles. The number of anilines is 1. The number of rotatable bonds is 12. The molecule has 62 heavy (non-hydrogen) atoms. The van der Waals surface area contributed by atoms with Gasteiger partial charge in [0.15, 0.2) is 0 Å². The van der Waals surface area contributed by atoms with Crippen LogP contribution in [0.25, 0.3) is 44.5 Å². The SMILES string of the molecule is Cn1c(=O)n(C2CCC(=O)NC2=O)c2ccc(NCCCCC(=O)N3CCC(n4cc(-c5cnc6cccc(-c7cc(F)c(CC8CNCCO8)c(F)c7)c6n5)cn4)CC3)cc21. The number of carbonyl (C=O) groups is 3. The monoisotopic (exact) mass is 846 g/mol. The topological polar surface area (TPSA) is 170 Å². The Balaban J connectivity index is 0.769. The van der Waals surface area contributed by atoms with Gasteiger partial charge in [-0.1, -0.05) is 12.1 Å². The number of aryl methyl sites for hydroxylation is 1. The summed E-state index contributed by atoms with van der Waals surface area (Å²) in [6.07, 6.45) is 9.14. The third kappa shape index (κ3) is 8.33. The maximum absolute atomic E-state index is 15.4. The molecule has 3 aromatic carbocycles. The van der Waals surface area contributed by atoms with E-state index in [9.17, 15) is 19.2 Å². The number of likely N-dealkylation sites (tertiary alicyclic amines) is 1. The zero-order valence-electron chi connectivity index (χ0n) is 34.4. The van der Waals surface area contributed by atoms with Gasteiger partial charge in [-0.2, -0.15) is 5.10 Å². The number of fused-ring (bicyclic) bond motifs is 2. The largest absolute Gasteiger partial charge is 0.385 e. The molecule has 0 radical (unpaired) electrons. The van der Waals surface area contributed by atoms with Crippen LogP contribution >= 0.6 is 0 Å². The second-order valence-electron chi connectivity index (χ2n) is 16.3. The molecule has 3 aliphatic rings. The second-order valence-corrected chi connectivity index (χ2v) is 16.3. The van der Waals surface area contributed by atoms with E-state index < -0.39 is 23.6 Å². The van der Waals surface area contributed by atoms with Crippen LogP contribution in [0, 0.1) is 11.6 Å². The highest BCUT2D eigenvalue weighted by Gasteiger charge is 2.31. The van der Waals surface area contributed by atoms with Crippen molar-refractivity contribution in [1.29, 1.82) is 0 Å². The van der Waals surface area contributed by atoms with Gasteiger partial charge in [0.1, 0.15) is 17.7 Å². The van der Waals surface area contributed by atoms with Gasteiger partial charge < -0.3 is 20.3 Å². The fraction of sp³-hybridized carbons (Fsp3) is 0.400. The maximum atomic E-state index is 15.4. The predicted octanol–water partition coefficient (Wildman–Crippen LogP) is 5.05. The Hall–Kier alpha value is -6.33. The number of nitrogens with zero attached hydrogens (tertiary/aromatic N) is 7. The average molecular weight is 847 g/mol. The second kappa shape index (κ2) is 17.6. The molecule has 322 valence electrons. The van der Waals surface area contributed by atoms with Crippen LogP contribution < -0.4 is 21.6 Å². The molecule has 3 fully saturated rings. The Morgan fingerprint density at radius 2 is 1.79 bits per heavy atom. The summed E-state index contributed by atoms with van der Waals surface area (Å²) in [5, 5.41) is 13.6. The number of hydrogen-bond donors (Lipinski definition) is 3. The van der Waals surface area contributed by atoms with Crippen molar-refractivity contribution >= 4 is 45.5 Å². The fourth-order valence-corrected chi connectivity index (χ4v) is 8.88. The summed E-state index contributed by atoms with van der Waals surface area (Å²) in [6, 6.07) is 13.1. The summed E-state index contributed by atoms with van der Waals surface area (Å²) in [4.78, 5) is 61.9. The van der Waals surface area contributed by atoms with Crippen LogP contribution in [0.2, 0.25) is 0 Å². The van der Waals surface area contributed by atoms with Crippen molar-refractivity contribution in [2.75, 3.05) is 44.6 Å². The molecule has 3 amide bonds. The number of carbonyl (C=O) groups excluding carboxylic acids is 3. The molecular weight excluding hydrogens is 799 g/mol. The number of morpholine rings is 1. The van der Waals surface area contributed by atoms with Gasteiger partial charge in [0.25, 0.3) is 0 Å². The summed E-state index contributed by atoms with van der Waals surface area (Å²) in [5.74, 6) is -1.91. The van der Waals surface area contributed by atoms with Crippen LogP contribution in [0.3, 0.4) is 0 Å². The van der Waals surface area contributed by atoms with Crippen molar-refractivity contribution in [3.8, 4) is 22.4 Å². The number of hydrogen-bond acceptors (Lipinski definition) is 10. The highest BCUT2D eigenvalue weighted by Crippen LogP contribution is 2.32. The quantitative estimate of drug-likeness (QED) is 0.112. The molecule has 0 bridgehead atoms. The smallest absolute Gasteiger partial charge is 0.329 e. The lowest BCUT2D eigenvalue weighted by Crippen LogP contribution is -2.44. The van der Waals surface area contributed by atoms with Gasteiger partial charge in [-0.05, 0) is 74.1 Å². The van der Waals surface area contributed by atoms with Gasteiger partial charge >= 0.3 is 5.69 Å². The Kier molecular flexibility index (Phi) is 11.6. The highest BCUT2D eigenvalue weighted by atomic mass is 19.1. The van der Waals surface area contributed by atoms with Gasteiger partial charge in [0, 0.05) is 87.6 Å². The van der Waals surface area contributed by atoms with Crippen molar-refractivity contribution in [2.45, 2.75) is 69.6 Å². The minimum Gasteiger partial charge on any atom is -0.385 e. The third-order valence-electron chi connectivity index (χ3n) is 12.3. The van der Waals surface area contributed by atoms with E-state index in [2.05, 4.69) is 26.0 Å². The minimum atomic E-state index is -0.734. The number of piperidine rings is 2. The number of nitrogens with one attached hydrogen (secondary N) is 3. The highest BCUT2D eigenvalue weighted by molar-refractivity contribution is 6.00. The first-order valence-electron chi connectivity index (χ1n) is 21.3. The van der Waals surface area contributed by atoms with Gasteiger partial charge in [0.05, 0.1) is 58.9 Å². The first-order chi connectivity index (χ1) is 30.1. The van der Waals surface area contributed by atoms with Crippen molar-refractivity contribution in [3.63, 3.8) is 0 Å². The van der Waals surface area contributed by atoms with Crippen LogP contribution in [0.5, 0.6) is 0 Å². The van der Waals surface area contributed by atoms with Crippen molar-refractivity contribution < 1.29 is 27.9 Å². The van der Waals surface area contributed by atoms with E-state index in [1.54, 1.807) is 31.6 Å². The fourth-order valence-electron chi connectivity index (χ4n) is 8.88. The zero-order chi connectivity index (χ0) is 42.9. The number of ether oxygens (including phenoxy) is 1. The third-order valence-corrected chi connectivity index (χ3v) is 12.3. The summed E-state index contributed by atoms with van der Waals surface area (Å²) >= 11 is 0. The number of halogens is 2. The molecule has 3 aliphatic heterocycles. The lowest BCUT2D eigenvalue weighted by molar-refractivity contribution is -0.136. The Bertz CT molecular complexity index is 2710. The lowest BCUT2D eigenvalue weighted by Gasteiger charge is -2.32. The van der Waals surface area contributed by atoms with Gasteiger partial charge in [-0.15, -0.1) is 0 Å². The molecule has 17 heteroatoms. The number of aromatic nitrogens is 6. The molecule has 9 rings (SSSR count). The first-order valence-corrected chi connectivity index (χ1v) is 21.3. The predicted molar refractivity (Wildman–Crippen MR) is 228 cm³/mol. The average Bonchev–Trinajstić information content (AvgIpc) is 3.87. The molecule has 0 aliphatic carbocycles. The maximum Gasteiger partial charge on any atom is 0.329 e. The molecule has 2 atom stereocenters. The molecule has 3 saturated heterocycles. The van der Waals surface area contributed by atoms with Crippen molar-refractivity contribution in [3.05, 3.63) is 94.8 Å². The Morgan fingerprint density at radius 3 is 2.56 bits per heavy atom. The summed E-state index contributed by atoms with van der Waals surface area (Å²) in [5.41, 5.74) is 5.27. The van der Waals surface area contributed by atoms with Crippen molar-refractivity contribution in [2.24, 2.45) is 7.05 Å². The van der Waals surface area contributed by atoms with Crippen molar-refractivity contribution in [1.82, 2.24) is 44.4 Å². The molecule has 2 unspecified atom stereocenters. The van der Waals surface area contributed by atoms with E-state index in [1.807, 2.05) is 40.0 Å². The Morgan fingerprint density at radius 1 is 0.968 bits per heavy atom. The summed E-state index contributed by atoms with van der Waals surface area (Å²) in [6.45, 7) is 3.67. The molecule has 3 aromatic heterocycles. The van der Waals surface area contributed by atoms with E-state index in [4.69, 9.17) is 9.72 Å². The molecular formula is C45H48F2N10O5. The standard InChI is InChI=1S/C45H48F2N10O5/c1-54-40-21-29(8-9-38(40)57(45(54)61)39-10-11-41(58)53-44(39)60)49-14-3-2-7-42(59)55-16-12-30(13-17-55)56-26-28(23-51-56)37-25-50-36-6-4-5-32(43(36)52-37)27-19-34(46)33(35(47)20-27)22-31-24-48-15-18-62-31/h4-6,8-9,19-21,23,25-26,30-31,39,48-49H,2-3,7,10-18,22,24H2,1H3,(H,53,58,60). The number of imide groups is 1. The number of amides is 3. The summed E-state index contributed by atoms with van der Waals surface area (Å²) < 4.78 is 41.3. The van der Waals surface area contributed by atoms with Crippen LogP contribution in [-0.2, 0) is 32.6 Å². The first kappa shape index (κ1) is 41.0. The minimum absolute atomic E-state index is 0.00726. The molecule has 0 saturated carbocycles. The van der Waals surface area contributed by atoms with E-state index >= 15 is 8.78 Å². The molecule has 15 nitrogen and oxygen atoms in total. The van der Waals surface area contributed by atoms with E-state index in [0.717, 1.165) is 43.5 Å². The van der Waals surface area contributed by atoms with Crippen LogP contribution in [0.15, 0.2) is 71.9 Å². The van der Waals surface area contributed by atoms with Crippen LogP contribution in [0.4, 0.5) is 14.5 Å². The van der Waals surface area contributed by atoms with Gasteiger partial charge in [-0.25, -0.2) is 18.6 Å². The lowest BCUT2D eigenvalue weighted by atomic mass is 9.98. The Labute approximate surface area is 355 Å². The molecule has 0 spiro atoms. The molecule has 6 aromatic rings. The van der Waals surface area contributed by atoms with E-state index in [1.165, 1.54) is 21.3 Å². The van der Waals surface area contributed by atoms with E-state index in [0.29, 0.717) is 78.1 Å².